The zero-order valence-electron chi connectivity index (χ0n) is 9.68. The molecule has 1 nitrogen and oxygen atoms in total. The molecule has 0 aliphatic heterocycles. The number of halogens is 1. The van der Waals surface area contributed by atoms with E-state index in [1.165, 1.54) is 0 Å². The molecule has 14 heavy (non-hydrogen) atoms. The molecule has 0 bridgehead atoms. The van der Waals surface area contributed by atoms with Gasteiger partial charge in [-0.25, -0.2) is 4.39 Å². The van der Waals surface area contributed by atoms with Gasteiger partial charge in [-0.05, 0) is 19.3 Å². The van der Waals surface area contributed by atoms with Crippen LogP contribution in [-0.4, -0.2) is 19.9 Å². The fourth-order valence-corrected chi connectivity index (χ4v) is 1.68. The third-order valence-electron chi connectivity index (χ3n) is 2.69. The summed E-state index contributed by atoms with van der Waals surface area (Å²) >= 11 is 0. The fourth-order valence-electron chi connectivity index (χ4n) is 1.68. The van der Waals surface area contributed by atoms with E-state index in [0.717, 1.165) is 19.3 Å². The second kappa shape index (κ2) is 6.99. The van der Waals surface area contributed by atoms with E-state index < -0.39 is 6.17 Å². The van der Waals surface area contributed by atoms with Crippen molar-refractivity contribution < 1.29 is 9.13 Å². The number of rotatable bonds is 8. The summed E-state index contributed by atoms with van der Waals surface area (Å²) in [5.41, 5.74) is -0.348. The maximum Gasteiger partial charge on any atom is 0.108 e. The lowest BCUT2D eigenvalue weighted by Gasteiger charge is -2.32. The molecule has 0 saturated heterocycles. The van der Waals surface area contributed by atoms with Crippen LogP contribution in [0.2, 0.25) is 0 Å². The van der Waals surface area contributed by atoms with Crippen LogP contribution in [-0.2, 0) is 4.74 Å². The summed E-state index contributed by atoms with van der Waals surface area (Å²) in [6.45, 7) is 8.12. The van der Waals surface area contributed by atoms with Crippen molar-refractivity contribution in [2.75, 3.05) is 13.7 Å². The van der Waals surface area contributed by atoms with Gasteiger partial charge < -0.3 is 4.74 Å². The maximum absolute atomic E-state index is 13.8. The van der Waals surface area contributed by atoms with Gasteiger partial charge in [-0.2, -0.15) is 0 Å². The van der Waals surface area contributed by atoms with Crippen molar-refractivity contribution in [3.63, 3.8) is 0 Å². The summed E-state index contributed by atoms with van der Waals surface area (Å²) < 4.78 is 18.9. The Labute approximate surface area is 87.3 Å². The van der Waals surface area contributed by atoms with E-state index in [9.17, 15) is 4.39 Å². The maximum atomic E-state index is 13.8. The highest BCUT2D eigenvalue weighted by Crippen LogP contribution is 2.33. The highest BCUT2D eigenvalue weighted by molar-refractivity contribution is 4.85. The van der Waals surface area contributed by atoms with E-state index in [2.05, 4.69) is 6.58 Å². The van der Waals surface area contributed by atoms with E-state index in [4.69, 9.17) is 4.74 Å². The molecule has 0 rings (SSSR count). The highest BCUT2D eigenvalue weighted by Gasteiger charge is 2.33. The monoisotopic (exact) mass is 202 g/mol. The summed E-state index contributed by atoms with van der Waals surface area (Å²) in [5.74, 6) is 0. The van der Waals surface area contributed by atoms with Gasteiger partial charge in [0.1, 0.15) is 6.17 Å². The van der Waals surface area contributed by atoms with Gasteiger partial charge in [-0.1, -0.05) is 26.3 Å². The van der Waals surface area contributed by atoms with Gasteiger partial charge in [0.15, 0.2) is 0 Å². The van der Waals surface area contributed by atoms with E-state index in [1.54, 1.807) is 7.11 Å². The highest BCUT2D eigenvalue weighted by atomic mass is 19.1. The Morgan fingerprint density at radius 3 is 2.64 bits per heavy atom. The molecule has 0 N–H and O–H groups in total. The number of methoxy groups -OCH3 is 1. The lowest BCUT2D eigenvalue weighted by Crippen LogP contribution is -2.33. The molecule has 0 aromatic rings. The average molecular weight is 202 g/mol. The van der Waals surface area contributed by atoms with E-state index in [1.807, 2.05) is 19.9 Å². The van der Waals surface area contributed by atoms with Crippen LogP contribution >= 0.6 is 0 Å². The Balaban J connectivity index is 4.26. The number of ether oxygens (including phenoxy) is 1. The summed E-state index contributed by atoms with van der Waals surface area (Å²) in [5, 5.41) is 0. The van der Waals surface area contributed by atoms with E-state index >= 15 is 0 Å². The summed E-state index contributed by atoms with van der Waals surface area (Å²) in [4.78, 5) is 0. The molecule has 0 aromatic heterocycles. The SMILES string of the molecule is C=CCC[C@@](C)(COC)[C@@H](F)CCC. The van der Waals surface area contributed by atoms with Gasteiger partial charge in [0.25, 0.3) is 0 Å². The minimum Gasteiger partial charge on any atom is -0.384 e. The molecular formula is C12H23FO. The molecule has 2 atom stereocenters. The first-order valence-electron chi connectivity index (χ1n) is 5.34. The summed E-state index contributed by atoms with van der Waals surface area (Å²) in [7, 11) is 1.63. The molecule has 0 saturated carbocycles. The van der Waals surface area contributed by atoms with E-state index in [0.29, 0.717) is 13.0 Å². The van der Waals surface area contributed by atoms with Crippen LogP contribution in [0, 0.1) is 5.41 Å². The van der Waals surface area contributed by atoms with Crippen molar-refractivity contribution in [3.8, 4) is 0 Å². The van der Waals surface area contributed by atoms with Crippen LogP contribution in [0.5, 0.6) is 0 Å². The predicted octanol–water partition coefficient (Wildman–Crippen LogP) is 3.74. The molecule has 2 heteroatoms. The molecule has 0 unspecified atom stereocenters. The van der Waals surface area contributed by atoms with Crippen molar-refractivity contribution in [3.05, 3.63) is 12.7 Å². The molecule has 0 amide bonds. The largest absolute Gasteiger partial charge is 0.384 e. The number of hydrogen-bond acceptors (Lipinski definition) is 1. The van der Waals surface area contributed by atoms with Gasteiger partial charge in [-0.15, -0.1) is 6.58 Å². The molecule has 84 valence electrons. The smallest absolute Gasteiger partial charge is 0.108 e. The Hall–Kier alpha value is -0.370. The van der Waals surface area contributed by atoms with Crippen LogP contribution < -0.4 is 0 Å². The molecule has 0 radical (unpaired) electrons. The zero-order chi connectivity index (χ0) is 11.0. The first-order valence-corrected chi connectivity index (χ1v) is 5.34. The lowest BCUT2D eigenvalue weighted by molar-refractivity contribution is 0.0157. The second-order valence-electron chi connectivity index (χ2n) is 4.17. The van der Waals surface area contributed by atoms with Crippen molar-refractivity contribution >= 4 is 0 Å². The van der Waals surface area contributed by atoms with Crippen LogP contribution in [0.15, 0.2) is 12.7 Å². The Morgan fingerprint density at radius 2 is 2.21 bits per heavy atom. The summed E-state index contributed by atoms with van der Waals surface area (Å²) in [6, 6.07) is 0. The molecular weight excluding hydrogens is 179 g/mol. The number of hydrogen-bond donors (Lipinski definition) is 0. The Bertz CT molecular complexity index is 158. The molecule has 0 aromatic carbocycles. The minimum atomic E-state index is -0.771. The first kappa shape index (κ1) is 13.6. The number of alkyl halides is 1. The van der Waals surface area contributed by atoms with Crippen LogP contribution in [0.1, 0.15) is 39.5 Å². The topological polar surface area (TPSA) is 9.23 Å². The number of allylic oxidation sites excluding steroid dienone is 1. The molecule has 0 fully saturated rings. The quantitative estimate of drug-likeness (QED) is 0.545. The third-order valence-corrected chi connectivity index (χ3v) is 2.69. The molecule has 0 aliphatic carbocycles. The predicted molar refractivity (Wildman–Crippen MR) is 59.2 cm³/mol. The van der Waals surface area contributed by atoms with Crippen LogP contribution in [0.3, 0.4) is 0 Å². The molecule has 0 spiro atoms. The van der Waals surface area contributed by atoms with Gasteiger partial charge in [0, 0.05) is 12.5 Å². The lowest BCUT2D eigenvalue weighted by atomic mass is 9.79. The minimum absolute atomic E-state index is 0.348. The Morgan fingerprint density at radius 1 is 1.57 bits per heavy atom. The molecule has 0 aliphatic rings. The van der Waals surface area contributed by atoms with Gasteiger partial charge in [0.2, 0.25) is 0 Å². The van der Waals surface area contributed by atoms with Crippen molar-refractivity contribution in [1.29, 1.82) is 0 Å². The van der Waals surface area contributed by atoms with Crippen LogP contribution in [0.25, 0.3) is 0 Å². The fraction of sp³-hybridized carbons (Fsp3) is 0.833. The average Bonchev–Trinajstić information content (AvgIpc) is 2.15. The summed E-state index contributed by atoms with van der Waals surface area (Å²) in [6.07, 6.45) is 4.24. The third kappa shape index (κ3) is 4.23. The zero-order valence-corrected chi connectivity index (χ0v) is 9.68. The van der Waals surface area contributed by atoms with E-state index in [-0.39, 0.29) is 5.41 Å². The molecule has 0 heterocycles. The van der Waals surface area contributed by atoms with Crippen molar-refractivity contribution in [2.45, 2.75) is 45.7 Å². The van der Waals surface area contributed by atoms with Gasteiger partial charge >= 0.3 is 0 Å². The van der Waals surface area contributed by atoms with Crippen LogP contribution in [0.4, 0.5) is 4.39 Å². The van der Waals surface area contributed by atoms with Gasteiger partial charge in [-0.3, -0.25) is 0 Å². The second-order valence-corrected chi connectivity index (χ2v) is 4.17. The normalized spacial score (nSPS) is 17.4. The van der Waals surface area contributed by atoms with Crippen molar-refractivity contribution in [1.82, 2.24) is 0 Å². The van der Waals surface area contributed by atoms with Crippen molar-refractivity contribution in [2.24, 2.45) is 5.41 Å². The Kier molecular flexibility index (Phi) is 6.81. The van der Waals surface area contributed by atoms with Gasteiger partial charge in [0.05, 0.1) is 6.61 Å². The standard InChI is InChI=1S/C12H23FO/c1-5-7-9-12(3,10-14-4)11(13)8-6-2/h5,11H,1,6-10H2,2-4H3/t11-,12-/m0/s1. The first-order chi connectivity index (χ1) is 6.60.